The molecule has 108 valence electrons. The summed E-state index contributed by atoms with van der Waals surface area (Å²) >= 11 is 0. The lowest BCUT2D eigenvalue weighted by Crippen LogP contribution is -2.19. The minimum Gasteiger partial charge on any atom is -0.354 e. The van der Waals surface area contributed by atoms with Gasteiger partial charge in [0.1, 0.15) is 0 Å². The van der Waals surface area contributed by atoms with Gasteiger partial charge in [0.15, 0.2) is 0 Å². The second kappa shape index (κ2) is 7.70. The van der Waals surface area contributed by atoms with E-state index < -0.39 is 0 Å². The van der Waals surface area contributed by atoms with E-state index in [9.17, 15) is 0 Å². The Morgan fingerprint density at radius 1 is 1.00 bits per heavy atom. The summed E-state index contributed by atoms with van der Waals surface area (Å²) in [6.07, 6.45) is 2.19. The lowest BCUT2D eigenvalue weighted by Gasteiger charge is -2.13. The molecule has 8 heteroatoms. The first-order valence-electron chi connectivity index (χ1n) is 6.31. The second-order valence-corrected chi connectivity index (χ2v) is 4.76. The number of hydrazine groups is 1. The fourth-order valence-corrected chi connectivity index (χ4v) is 1.46. The summed E-state index contributed by atoms with van der Waals surface area (Å²) in [7, 11) is 7.89. The molecule has 0 aliphatic heterocycles. The van der Waals surface area contributed by atoms with Crippen LogP contribution in [0.3, 0.4) is 0 Å². The molecule has 1 aromatic heterocycles. The highest BCUT2D eigenvalue weighted by atomic mass is 15.4. The molecule has 0 atom stereocenters. The predicted molar refractivity (Wildman–Crippen MR) is 78.2 cm³/mol. The Bertz CT molecular complexity index is 379. The van der Waals surface area contributed by atoms with Crippen LogP contribution in [0.1, 0.15) is 12.8 Å². The molecule has 0 amide bonds. The summed E-state index contributed by atoms with van der Waals surface area (Å²) < 4.78 is 0. The molecule has 1 heterocycles. The summed E-state index contributed by atoms with van der Waals surface area (Å²) in [5.74, 6) is 6.81. The van der Waals surface area contributed by atoms with E-state index in [-0.39, 0.29) is 0 Å². The molecule has 0 aliphatic carbocycles. The Kier molecular flexibility index (Phi) is 6.23. The third-order valence-electron chi connectivity index (χ3n) is 2.47. The highest BCUT2D eigenvalue weighted by Gasteiger charge is 2.06. The standard InChI is InChI=1S/C11H24N8/c1-18(2)8-6-5-7-13-9-14-10(17-12)16-11(15-9)19(3)4/h5-8,12H2,1-4H3,(H2,13,14,15,16,17). The molecule has 0 radical (unpaired) electrons. The van der Waals surface area contributed by atoms with E-state index in [0.29, 0.717) is 17.8 Å². The van der Waals surface area contributed by atoms with Crippen molar-refractivity contribution in [2.45, 2.75) is 12.8 Å². The average Bonchev–Trinajstić information content (AvgIpc) is 2.37. The molecule has 0 aromatic carbocycles. The smallest absolute Gasteiger partial charge is 0.243 e. The third kappa shape index (κ3) is 5.66. The molecule has 1 aromatic rings. The molecular formula is C11H24N8. The van der Waals surface area contributed by atoms with Crippen LogP contribution in [-0.2, 0) is 0 Å². The van der Waals surface area contributed by atoms with E-state index in [4.69, 9.17) is 5.84 Å². The van der Waals surface area contributed by atoms with Crippen LogP contribution in [-0.4, -0.2) is 61.1 Å². The van der Waals surface area contributed by atoms with Gasteiger partial charge in [-0.1, -0.05) is 0 Å². The summed E-state index contributed by atoms with van der Waals surface area (Å²) in [5, 5.41) is 3.19. The Morgan fingerprint density at radius 2 is 1.68 bits per heavy atom. The minimum absolute atomic E-state index is 0.356. The average molecular weight is 268 g/mol. The van der Waals surface area contributed by atoms with Crippen molar-refractivity contribution in [3.8, 4) is 0 Å². The van der Waals surface area contributed by atoms with Crippen molar-refractivity contribution in [1.29, 1.82) is 0 Å². The van der Waals surface area contributed by atoms with Crippen LogP contribution < -0.4 is 21.5 Å². The third-order valence-corrected chi connectivity index (χ3v) is 2.47. The van der Waals surface area contributed by atoms with Crippen molar-refractivity contribution in [2.75, 3.05) is 56.9 Å². The molecule has 8 nitrogen and oxygen atoms in total. The van der Waals surface area contributed by atoms with Crippen LogP contribution >= 0.6 is 0 Å². The molecule has 0 saturated carbocycles. The van der Waals surface area contributed by atoms with Gasteiger partial charge in [0.05, 0.1) is 0 Å². The minimum atomic E-state index is 0.356. The fraction of sp³-hybridized carbons (Fsp3) is 0.727. The first-order chi connectivity index (χ1) is 9.02. The van der Waals surface area contributed by atoms with Gasteiger partial charge in [-0.05, 0) is 33.5 Å². The molecule has 0 fully saturated rings. The molecule has 0 unspecified atom stereocenters. The zero-order valence-electron chi connectivity index (χ0n) is 12.1. The number of aromatic nitrogens is 3. The summed E-state index contributed by atoms with van der Waals surface area (Å²) in [4.78, 5) is 16.6. The molecular weight excluding hydrogens is 244 g/mol. The number of nitrogens with two attached hydrogens (primary N) is 1. The van der Waals surface area contributed by atoms with E-state index in [0.717, 1.165) is 25.9 Å². The molecule has 0 spiro atoms. The number of hydrogen-bond acceptors (Lipinski definition) is 8. The van der Waals surface area contributed by atoms with Gasteiger partial charge in [-0.3, -0.25) is 5.43 Å². The SMILES string of the molecule is CN(C)CCCCNc1nc(NN)nc(N(C)C)n1. The van der Waals surface area contributed by atoms with Crippen LogP contribution in [0, 0.1) is 0 Å². The molecule has 19 heavy (non-hydrogen) atoms. The molecule has 1 rings (SSSR count). The second-order valence-electron chi connectivity index (χ2n) is 4.76. The quantitative estimate of drug-likeness (QED) is 0.344. The Labute approximate surface area is 114 Å². The number of unbranched alkanes of at least 4 members (excludes halogenated alkanes) is 1. The molecule has 4 N–H and O–H groups in total. The fourth-order valence-electron chi connectivity index (χ4n) is 1.46. The number of nitrogens with one attached hydrogen (secondary N) is 2. The van der Waals surface area contributed by atoms with Gasteiger partial charge >= 0.3 is 0 Å². The summed E-state index contributed by atoms with van der Waals surface area (Å²) in [5.41, 5.74) is 2.44. The van der Waals surface area contributed by atoms with Crippen molar-refractivity contribution in [1.82, 2.24) is 19.9 Å². The zero-order chi connectivity index (χ0) is 14.3. The van der Waals surface area contributed by atoms with Gasteiger partial charge in [-0.25, -0.2) is 5.84 Å². The number of nitrogen functional groups attached to an aromatic ring is 1. The summed E-state index contributed by atoms with van der Waals surface area (Å²) in [6, 6.07) is 0. The van der Waals surface area contributed by atoms with Crippen molar-refractivity contribution in [3.63, 3.8) is 0 Å². The van der Waals surface area contributed by atoms with Crippen LogP contribution in [0.4, 0.5) is 17.8 Å². The number of anilines is 3. The first kappa shape index (κ1) is 15.4. The maximum absolute atomic E-state index is 5.34. The van der Waals surface area contributed by atoms with Gasteiger partial charge < -0.3 is 15.1 Å². The highest BCUT2D eigenvalue weighted by Crippen LogP contribution is 2.10. The van der Waals surface area contributed by atoms with Crippen molar-refractivity contribution in [2.24, 2.45) is 5.84 Å². The van der Waals surface area contributed by atoms with Crippen LogP contribution in [0.15, 0.2) is 0 Å². The number of nitrogens with zero attached hydrogens (tertiary/aromatic N) is 5. The number of hydrogen-bond donors (Lipinski definition) is 3. The Morgan fingerprint density at radius 3 is 2.26 bits per heavy atom. The lowest BCUT2D eigenvalue weighted by atomic mass is 10.3. The van der Waals surface area contributed by atoms with E-state index in [2.05, 4.69) is 44.7 Å². The monoisotopic (exact) mass is 268 g/mol. The maximum Gasteiger partial charge on any atom is 0.243 e. The molecule has 0 aliphatic rings. The van der Waals surface area contributed by atoms with E-state index >= 15 is 0 Å². The molecule has 0 bridgehead atoms. The van der Waals surface area contributed by atoms with E-state index in [1.165, 1.54) is 0 Å². The highest BCUT2D eigenvalue weighted by molar-refractivity contribution is 5.42. The molecule has 0 saturated heterocycles. The van der Waals surface area contributed by atoms with Crippen molar-refractivity contribution in [3.05, 3.63) is 0 Å². The van der Waals surface area contributed by atoms with Gasteiger partial charge in [-0.15, -0.1) is 0 Å². The largest absolute Gasteiger partial charge is 0.354 e. The van der Waals surface area contributed by atoms with Crippen LogP contribution in [0.2, 0.25) is 0 Å². The van der Waals surface area contributed by atoms with E-state index in [1.807, 2.05) is 14.1 Å². The topological polar surface area (TPSA) is 95.2 Å². The predicted octanol–water partition coefficient (Wildman–Crippen LogP) is -0.0231. The Balaban J connectivity index is 2.50. The Hall–Kier alpha value is -1.67. The lowest BCUT2D eigenvalue weighted by molar-refractivity contribution is 0.396. The van der Waals surface area contributed by atoms with Crippen LogP contribution in [0.25, 0.3) is 0 Å². The van der Waals surface area contributed by atoms with Gasteiger partial charge in [0.25, 0.3) is 0 Å². The summed E-state index contributed by atoms with van der Waals surface area (Å²) in [6.45, 7) is 1.91. The maximum atomic E-state index is 5.34. The van der Waals surface area contributed by atoms with Crippen molar-refractivity contribution >= 4 is 17.8 Å². The van der Waals surface area contributed by atoms with Crippen LogP contribution in [0.5, 0.6) is 0 Å². The van der Waals surface area contributed by atoms with Gasteiger partial charge in [0, 0.05) is 20.6 Å². The van der Waals surface area contributed by atoms with Gasteiger partial charge in [-0.2, -0.15) is 15.0 Å². The first-order valence-corrected chi connectivity index (χ1v) is 6.31. The zero-order valence-corrected chi connectivity index (χ0v) is 12.1. The normalized spacial score (nSPS) is 10.6. The van der Waals surface area contributed by atoms with Gasteiger partial charge in [0.2, 0.25) is 17.8 Å². The number of rotatable bonds is 8. The van der Waals surface area contributed by atoms with Crippen molar-refractivity contribution < 1.29 is 0 Å². The van der Waals surface area contributed by atoms with E-state index in [1.54, 1.807) is 4.90 Å².